The summed E-state index contributed by atoms with van der Waals surface area (Å²) in [5.41, 5.74) is 13.2. The lowest BCUT2D eigenvalue weighted by atomic mass is 9.85. The minimum absolute atomic E-state index is 0.0768. The summed E-state index contributed by atoms with van der Waals surface area (Å²) in [7, 11) is 0. The van der Waals surface area contributed by atoms with E-state index in [-0.39, 0.29) is 30.2 Å². The molecule has 4 heterocycles. The molecule has 3 aliphatic rings. The number of rotatable bonds is 2. The van der Waals surface area contributed by atoms with Crippen molar-refractivity contribution in [3.05, 3.63) is 97.1 Å². The van der Waals surface area contributed by atoms with E-state index >= 15 is 0 Å². The molecule has 4 aromatic rings. The smallest absolute Gasteiger partial charge is 0.340 e. The van der Waals surface area contributed by atoms with E-state index in [0.717, 1.165) is 52.5 Å². The first-order valence-electron chi connectivity index (χ1n) is 14.0. The Balaban J connectivity index is 0.000000239. The van der Waals surface area contributed by atoms with Gasteiger partial charge in [-0.2, -0.15) is 0 Å². The summed E-state index contributed by atoms with van der Waals surface area (Å²) >= 11 is 0. The molecule has 9 heteroatoms. The molecule has 0 radical (unpaired) electrons. The van der Waals surface area contributed by atoms with Crippen LogP contribution in [0.4, 0.5) is 4.39 Å². The van der Waals surface area contributed by atoms with Crippen molar-refractivity contribution in [3.8, 4) is 11.4 Å². The van der Waals surface area contributed by atoms with E-state index in [2.05, 4.69) is 0 Å². The second-order valence-corrected chi connectivity index (χ2v) is 10.1. The first kappa shape index (κ1) is 28.6. The van der Waals surface area contributed by atoms with E-state index < -0.39 is 12.1 Å². The number of aryl methyl sites for hydroxylation is 2. The third kappa shape index (κ3) is 4.73. The number of benzene rings is 2. The summed E-state index contributed by atoms with van der Waals surface area (Å²) in [4.78, 5) is 29.6. The number of carbonyl (C=O) groups excluding carboxylic acids is 1. The number of aliphatic hydroxyl groups is 2. The van der Waals surface area contributed by atoms with Gasteiger partial charge in [0.2, 0.25) is 0 Å². The number of carbonyl (C=O) groups is 1. The number of aliphatic hydroxyl groups excluding tert-OH is 2. The molecule has 0 spiro atoms. The van der Waals surface area contributed by atoms with E-state index in [9.17, 15) is 19.1 Å². The van der Waals surface area contributed by atoms with Crippen LogP contribution in [-0.2, 0) is 48.7 Å². The Labute approximate surface area is 237 Å². The van der Waals surface area contributed by atoms with E-state index in [1.54, 1.807) is 17.6 Å². The fraction of sp³-hybridized carbons (Fsp3) is 0.344. The van der Waals surface area contributed by atoms with E-state index in [0.29, 0.717) is 41.1 Å². The van der Waals surface area contributed by atoms with Gasteiger partial charge in [0, 0.05) is 29.1 Å². The van der Waals surface area contributed by atoms with E-state index in [4.69, 9.17) is 20.6 Å². The number of nitrogens with two attached hydrogens (primary N) is 1. The molecule has 2 aromatic heterocycles. The summed E-state index contributed by atoms with van der Waals surface area (Å²) in [6.45, 7) is 6.62. The standard InChI is InChI=1S/C22H17FN2O4.C8H11NO.C2H6/c1-9-10-3-2-4-11-13-7-25-17(19(13)24-16(18(10)11)6-15(9)23)5-12-14(21(25)27)8-29-22(28)20(12)26;9-5-7-3-1-2-4-8(7)6-10;1-2/h5-6,20,26H,2-4,7-8H2,1H3;1-4,10H,5-6,9H2;1-2H3. The van der Waals surface area contributed by atoms with Crippen molar-refractivity contribution in [2.45, 2.75) is 72.4 Å². The number of cyclic esters (lactones) is 1. The Bertz CT molecular complexity index is 1710. The van der Waals surface area contributed by atoms with Gasteiger partial charge in [0.15, 0.2) is 6.10 Å². The molecule has 1 unspecified atom stereocenters. The zero-order valence-corrected chi connectivity index (χ0v) is 23.5. The lowest BCUT2D eigenvalue weighted by Crippen LogP contribution is -2.32. The van der Waals surface area contributed by atoms with E-state index in [1.165, 1.54) is 6.07 Å². The lowest BCUT2D eigenvalue weighted by Gasteiger charge is -2.22. The number of pyridine rings is 2. The van der Waals surface area contributed by atoms with Crippen LogP contribution in [0.15, 0.2) is 41.2 Å². The molecule has 0 amide bonds. The van der Waals surface area contributed by atoms with Crippen LogP contribution in [-0.4, -0.2) is 25.7 Å². The number of nitrogens with zero attached hydrogens (tertiary/aromatic N) is 2. The Morgan fingerprint density at radius 3 is 2.46 bits per heavy atom. The van der Waals surface area contributed by atoms with Crippen molar-refractivity contribution < 1.29 is 24.1 Å². The minimum atomic E-state index is -1.48. The number of halogens is 1. The van der Waals surface area contributed by atoms with Gasteiger partial charge in [-0.15, -0.1) is 0 Å². The highest BCUT2D eigenvalue weighted by atomic mass is 19.1. The van der Waals surface area contributed by atoms with Gasteiger partial charge >= 0.3 is 5.97 Å². The highest BCUT2D eigenvalue weighted by molar-refractivity contribution is 5.92. The summed E-state index contributed by atoms with van der Waals surface area (Å²) in [5.74, 6) is -1.03. The van der Waals surface area contributed by atoms with Gasteiger partial charge in [0.25, 0.3) is 5.56 Å². The van der Waals surface area contributed by atoms with Gasteiger partial charge in [-0.05, 0) is 60.1 Å². The summed E-state index contributed by atoms with van der Waals surface area (Å²) in [5, 5.41) is 20.0. The number of esters is 1. The SMILES string of the molecule is CC.Cc1c(F)cc2nc3c(c4c2c1CCC4)Cn1c-3cc2c(c1=O)COC(=O)C2O.NCc1ccccc1CO. The number of fused-ring (bicyclic) bond motifs is 5. The fourth-order valence-corrected chi connectivity index (χ4v) is 5.97. The summed E-state index contributed by atoms with van der Waals surface area (Å²) in [6, 6.07) is 10.7. The number of hydrogen-bond donors (Lipinski definition) is 3. The number of aromatic nitrogens is 2. The molecule has 1 aliphatic carbocycles. The molecule has 2 aromatic carbocycles. The largest absolute Gasteiger partial charge is 0.458 e. The van der Waals surface area contributed by atoms with Crippen LogP contribution < -0.4 is 11.3 Å². The maximum Gasteiger partial charge on any atom is 0.340 e. The van der Waals surface area contributed by atoms with Crippen molar-refractivity contribution in [3.63, 3.8) is 0 Å². The Morgan fingerprint density at radius 2 is 1.78 bits per heavy atom. The molecule has 214 valence electrons. The predicted molar refractivity (Wildman–Crippen MR) is 154 cm³/mol. The maximum atomic E-state index is 14.5. The Hall–Kier alpha value is -3.92. The average molecular weight is 560 g/mol. The minimum Gasteiger partial charge on any atom is -0.458 e. The Kier molecular flexibility index (Phi) is 8.04. The Morgan fingerprint density at radius 1 is 1.07 bits per heavy atom. The van der Waals surface area contributed by atoms with Crippen LogP contribution in [0.25, 0.3) is 22.3 Å². The fourth-order valence-electron chi connectivity index (χ4n) is 5.97. The highest BCUT2D eigenvalue weighted by Gasteiger charge is 2.35. The van der Waals surface area contributed by atoms with Crippen LogP contribution in [0.3, 0.4) is 0 Å². The first-order valence-corrected chi connectivity index (χ1v) is 14.0. The number of ether oxygens (including phenoxy) is 1. The maximum absolute atomic E-state index is 14.5. The van der Waals surface area contributed by atoms with Crippen LogP contribution >= 0.6 is 0 Å². The predicted octanol–water partition coefficient (Wildman–Crippen LogP) is 4.12. The second-order valence-electron chi connectivity index (χ2n) is 10.1. The lowest BCUT2D eigenvalue weighted by molar-refractivity contribution is -0.157. The van der Waals surface area contributed by atoms with Gasteiger partial charge in [-0.1, -0.05) is 38.1 Å². The highest BCUT2D eigenvalue weighted by Crippen LogP contribution is 2.42. The third-order valence-electron chi connectivity index (χ3n) is 8.05. The van der Waals surface area contributed by atoms with Gasteiger partial charge in [0.1, 0.15) is 12.4 Å². The van der Waals surface area contributed by atoms with Crippen molar-refractivity contribution in [1.82, 2.24) is 9.55 Å². The molecule has 41 heavy (non-hydrogen) atoms. The zero-order valence-electron chi connectivity index (χ0n) is 23.5. The molecule has 0 bridgehead atoms. The van der Waals surface area contributed by atoms with Crippen molar-refractivity contribution >= 4 is 16.9 Å². The van der Waals surface area contributed by atoms with Gasteiger partial charge in [-0.3, -0.25) is 4.79 Å². The molecule has 0 fully saturated rings. The summed E-state index contributed by atoms with van der Waals surface area (Å²) < 4.78 is 21.1. The van der Waals surface area contributed by atoms with Crippen LogP contribution in [0.5, 0.6) is 0 Å². The zero-order chi connectivity index (χ0) is 29.4. The van der Waals surface area contributed by atoms with Crippen LogP contribution in [0.1, 0.15) is 70.9 Å². The van der Waals surface area contributed by atoms with Gasteiger partial charge < -0.3 is 25.3 Å². The van der Waals surface area contributed by atoms with Crippen LogP contribution in [0.2, 0.25) is 0 Å². The first-order chi connectivity index (χ1) is 19.8. The molecule has 1 atom stereocenters. The second kappa shape index (κ2) is 11.5. The van der Waals surface area contributed by atoms with Gasteiger partial charge in [-0.25, -0.2) is 14.2 Å². The molecule has 2 aliphatic heterocycles. The summed E-state index contributed by atoms with van der Waals surface area (Å²) in [6.07, 6.45) is 1.12. The average Bonchev–Trinajstić information content (AvgIpc) is 3.38. The molecule has 8 nitrogen and oxygen atoms in total. The van der Waals surface area contributed by atoms with E-state index in [1.807, 2.05) is 38.1 Å². The van der Waals surface area contributed by atoms with Gasteiger partial charge in [0.05, 0.1) is 35.6 Å². The third-order valence-corrected chi connectivity index (χ3v) is 8.05. The molecular weight excluding hydrogens is 525 g/mol. The van der Waals surface area contributed by atoms with Crippen molar-refractivity contribution in [1.29, 1.82) is 0 Å². The van der Waals surface area contributed by atoms with Crippen LogP contribution in [0, 0.1) is 12.7 Å². The topological polar surface area (TPSA) is 128 Å². The molecule has 0 saturated carbocycles. The molecule has 7 rings (SSSR count). The number of hydrogen-bond acceptors (Lipinski definition) is 7. The molecule has 4 N–H and O–H groups in total. The monoisotopic (exact) mass is 559 g/mol. The van der Waals surface area contributed by atoms with Crippen molar-refractivity contribution in [2.75, 3.05) is 0 Å². The molecule has 0 saturated heterocycles. The normalized spacial score (nSPS) is 16.0. The quantitative estimate of drug-likeness (QED) is 0.278. The molecular formula is C32H34FN3O5. The van der Waals surface area contributed by atoms with Crippen molar-refractivity contribution in [2.24, 2.45) is 5.73 Å².